The van der Waals surface area contributed by atoms with Gasteiger partial charge in [-0.2, -0.15) is 0 Å². The molecule has 11 heteroatoms. The van der Waals surface area contributed by atoms with Crippen LogP contribution in [0.2, 0.25) is 0 Å². The van der Waals surface area contributed by atoms with Gasteiger partial charge in [-0.25, -0.2) is 4.39 Å². The predicted octanol–water partition coefficient (Wildman–Crippen LogP) is 2.56. The summed E-state index contributed by atoms with van der Waals surface area (Å²) in [5.74, 6) is 0.725. The van der Waals surface area contributed by atoms with Gasteiger partial charge in [0.25, 0.3) is 13.7 Å². The molecule has 0 bridgehead atoms. The lowest BCUT2D eigenvalue weighted by molar-refractivity contribution is -0.869. The van der Waals surface area contributed by atoms with E-state index in [1.54, 1.807) is 24.4 Å². The van der Waals surface area contributed by atoms with Crippen molar-refractivity contribution < 1.29 is 37.7 Å². The Morgan fingerprint density at radius 3 is 2.09 bits per heavy atom. The van der Waals surface area contributed by atoms with Crippen LogP contribution in [0.15, 0.2) is 66.9 Å². The number of nitrogens with one attached hydrogen (secondary N) is 1. The number of likely N-dealkylation sites (N-methyl/N-ethyl adjacent to an activating group) is 1. The maximum Gasteiger partial charge on any atom is 0.270 e. The van der Waals surface area contributed by atoms with Gasteiger partial charge in [-0.3, -0.25) is 14.3 Å². The fourth-order valence-corrected chi connectivity index (χ4v) is 2.68. The van der Waals surface area contributed by atoms with Gasteiger partial charge >= 0.3 is 0 Å². The average Bonchev–Trinajstić information content (AvgIpc) is 2.74. The van der Waals surface area contributed by atoms with Crippen LogP contribution < -0.4 is 14.9 Å². The monoisotopic (exact) mass is 491 g/mol. The van der Waals surface area contributed by atoms with Crippen LogP contribution in [0.25, 0.3) is 11.1 Å². The maximum absolute atomic E-state index is 13.0. The Morgan fingerprint density at radius 2 is 1.56 bits per heavy atom. The summed E-state index contributed by atoms with van der Waals surface area (Å²) in [6.45, 7) is 1.42. The first-order valence-corrected chi connectivity index (χ1v) is 11.7. The Kier molecular flexibility index (Phi) is 9.43. The highest BCUT2D eigenvalue weighted by Crippen LogP contribution is 2.26. The van der Waals surface area contributed by atoms with Crippen molar-refractivity contribution in [1.82, 2.24) is 10.3 Å². The molecule has 0 aliphatic carbocycles. The third kappa shape index (κ3) is 10.7. The summed E-state index contributed by atoms with van der Waals surface area (Å²) in [5, 5.41) is 2.91. The molecule has 1 amide bonds. The van der Waals surface area contributed by atoms with Crippen molar-refractivity contribution >= 4 is 13.7 Å². The van der Waals surface area contributed by atoms with Crippen molar-refractivity contribution in [3.8, 4) is 22.6 Å². The minimum absolute atomic E-state index is 0.184. The Hall–Kier alpha value is -3.14. The number of benzene rings is 2. The Balaban J connectivity index is 0.000000739. The van der Waals surface area contributed by atoms with E-state index in [2.05, 4.69) is 31.4 Å². The van der Waals surface area contributed by atoms with Gasteiger partial charge in [-0.1, -0.05) is 12.1 Å². The first-order valence-electron chi connectivity index (χ1n) is 10.2. The summed E-state index contributed by atoms with van der Waals surface area (Å²) < 4.78 is 28.2. The van der Waals surface area contributed by atoms with Gasteiger partial charge in [0.1, 0.15) is 23.0 Å². The molecule has 1 aromatic heterocycles. The van der Waals surface area contributed by atoms with Crippen LogP contribution in [-0.2, 0) is 4.57 Å². The molecule has 0 aliphatic rings. The number of halogens is 1. The number of ether oxygens (including phenoxy) is 1. The third-order valence-corrected chi connectivity index (χ3v) is 4.30. The van der Waals surface area contributed by atoms with E-state index in [1.807, 2.05) is 30.3 Å². The van der Waals surface area contributed by atoms with Gasteiger partial charge in [-0.05, 0) is 59.7 Å². The number of aromatic nitrogens is 1. The molecule has 0 fully saturated rings. The van der Waals surface area contributed by atoms with E-state index in [9.17, 15) is 9.18 Å². The van der Waals surface area contributed by atoms with E-state index in [0.717, 1.165) is 22.2 Å². The molecule has 9 nitrogen and oxygen atoms in total. The van der Waals surface area contributed by atoms with Crippen LogP contribution in [0.1, 0.15) is 10.5 Å². The molecule has 3 rings (SSSR count). The minimum atomic E-state index is -4.89. The second-order valence-electron chi connectivity index (χ2n) is 8.27. The van der Waals surface area contributed by atoms with Crippen molar-refractivity contribution in [1.29, 1.82) is 0 Å². The van der Waals surface area contributed by atoms with Crippen molar-refractivity contribution in [2.24, 2.45) is 0 Å². The molecule has 3 N–H and O–H groups in total. The molecule has 0 aliphatic heterocycles. The first kappa shape index (κ1) is 27.1. The lowest BCUT2D eigenvalue weighted by Crippen LogP contribution is -2.42. The molecule has 182 valence electrons. The summed E-state index contributed by atoms with van der Waals surface area (Å²) in [6, 6.07) is 17.0. The van der Waals surface area contributed by atoms with Crippen molar-refractivity contribution in [3.63, 3.8) is 0 Å². The molecule has 34 heavy (non-hydrogen) atoms. The van der Waals surface area contributed by atoms with Crippen LogP contribution in [-0.4, -0.2) is 59.4 Å². The fourth-order valence-electron chi connectivity index (χ4n) is 2.68. The fraction of sp³-hybridized carbons (Fsp3) is 0.217. The van der Waals surface area contributed by atoms with Gasteiger partial charge < -0.3 is 29.2 Å². The summed E-state index contributed by atoms with van der Waals surface area (Å²) in [4.78, 5) is 39.5. The molecule has 1 heterocycles. The molecule has 3 aromatic rings. The zero-order valence-corrected chi connectivity index (χ0v) is 19.9. The number of phosphoric acid groups is 1. The zero-order valence-electron chi connectivity index (χ0n) is 19.0. The summed E-state index contributed by atoms with van der Waals surface area (Å²) in [6.07, 6.45) is 1.63. The number of nitrogens with zero attached hydrogens (tertiary/aromatic N) is 2. The minimum Gasteiger partial charge on any atom is -0.756 e. The Labute approximate surface area is 197 Å². The SMILES string of the molecule is C[N+](C)(C)CCNC(=O)c1cc(-c2ccc(Oc3ccc(F)cc3)cc2)ccn1.O=P([O-])(O)O. The van der Waals surface area contributed by atoms with Crippen molar-refractivity contribution in [3.05, 3.63) is 78.4 Å². The van der Waals surface area contributed by atoms with Crippen molar-refractivity contribution in [2.75, 3.05) is 34.2 Å². The predicted molar refractivity (Wildman–Crippen MR) is 123 cm³/mol. The number of hydrogen-bond acceptors (Lipinski definition) is 5. The smallest absolute Gasteiger partial charge is 0.270 e. The average molecular weight is 491 g/mol. The topological polar surface area (TPSA) is 132 Å². The van der Waals surface area contributed by atoms with Crippen LogP contribution in [0, 0.1) is 5.82 Å². The molecule has 0 saturated carbocycles. The van der Waals surface area contributed by atoms with E-state index in [1.165, 1.54) is 12.1 Å². The largest absolute Gasteiger partial charge is 0.756 e. The Bertz CT molecular complexity index is 1120. The number of amides is 1. The van der Waals surface area contributed by atoms with Crippen LogP contribution >= 0.6 is 7.82 Å². The number of pyridine rings is 1. The van der Waals surface area contributed by atoms with Crippen LogP contribution in [0.3, 0.4) is 0 Å². The van der Waals surface area contributed by atoms with Gasteiger partial charge in [0.2, 0.25) is 0 Å². The molecular weight excluding hydrogens is 464 g/mol. The van der Waals surface area contributed by atoms with Crippen LogP contribution in [0.5, 0.6) is 11.5 Å². The summed E-state index contributed by atoms with van der Waals surface area (Å²) in [7, 11) is 1.34. The van der Waals surface area contributed by atoms with Gasteiger partial charge in [0.15, 0.2) is 0 Å². The summed E-state index contributed by atoms with van der Waals surface area (Å²) >= 11 is 0. The van der Waals surface area contributed by atoms with E-state index in [4.69, 9.17) is 24.0 Å². The van der Waals surface area contributed by atoms with E-state index < -0.39 is 7.82 Å². The number of rotatable bonds is 7. The lowest BCUT2D eigenvalue weighted by Gasteiger charge is -2.23. The molecule has 0 spiro atoms. The highest BCUT2D eigenvalue weighted by atomic mass is 31.2. The maximum atomic E-state index is 13.0. The number of hydrogen-bond donors (Lipinski definition) is 3. The molecule has 0 saturated heterocycles. The van der Waals surface area contributed by atoms with Gasteiger partial charge in [-0.15, -0.1) is 0 Å². The summed E-state index contributed by atoms with van der Waals surface area (Å²) in [5.41, 5.74) is 2.22. The second-order valence-corrected chi connectivity index (χ2v) is 9.25. The highest BCUT2D eigenvalue weighted by Gasteiger charge is 2.11. The molecule has 0 radical (unpaired) electrons. The Morgan fingerprint density at radius 1 is 1.03 bits per heavy atom. The van der Waals surface area contributed by atoms with Crippen molar-refractivity contribution in [2.45, 2.75) is 0 Å². The number of quaternary nitrogens is 1. The van der Waals surface area contributed by atoms with Gasteiger partial charge in [0.05, 0.1) is 34.2 Å². The van der Waals surface area contributed by atoms with E-state index in [-0.39, 0.29) is 11.7 Å². The van der Waals surface area contributed by atoms with E-state index >= 15 is 0 Å². The quantitative estimate of drug-likeness (QED) is 0.342. The first-order chi connectivity index (χ1) is 15.8. The molecule has 0 atom stereocenters. The normalized spacial score (nSPS) is 11.3. The molecular formula is C23H27FN3O6P. The zero-order chi connectivity index (χ0) is 25.4. The molecule has 0 unspecified atom stereocenters. The molecule has 2 aromatic carbocycles. The van der Waals surface area contributed by atoms with Gasteiger partial charge in [0, 0.05) is 6.20 Å². The third-order valence-electron chi connectivity index (χ3n) is 4.30. The standard InChI is InChI=1S/C23H24FN3O2.H3O4P/c1-27(2,3)15-14-26-23(28)22-16-18(12-13-25-22)17-4-8-20(9-5-17)29-21-10-6-19(24)7-11-21;1-5(2,3)4/h4-13,16H,14-15H2,1-3H3;(H3,1,2,3,4). The number of carbonyl (C=O) groups is 1. The lowest BCUT2D eigenvalue weighted by atomic mass is 10.1. The second kappa shape index (κ2) is 11.8. The van der Waals surface area contributed by atoms with Crippen LogP contribution in [0.4, 0.5) is 4.39 Å². The highest BCUT2D eigenvalue weighted by molar-refractivity contribution is 7.43. The van der Waals surface area contributed by atoms with E-state index in [0.29, 0.717) is 23.7 Å². The number of carbonyl (C=O) groups excluding carboxylic acids is 1.